The SMILES string of the molecule is CCOc1cc(/C=N\NC(=O)Cc2csc(Nc3cccc(C(F)(F)F)c3)n2)cc(Br)c1OCc1ccc(C)cc1. The van der Waals surface area contributed by atoms with E-state index in [1.807, 2.05) is 38.1 Å². The molecule has 0 aliphatic heterocycles. The quantitative estimate of drug-likeness (QED) is 0.129. The Morgan fingerprint density at radius 2 is 1.90 bits per heavy atom. The molecule has 0 spiro atoms. The van der Waals surface area contributed by atoms with Gasteiger partial charge in [-0.2, -0.15) is 18.3 Å². The van der Waals surface area contributed by atoms with Crippen molar-refractivity contribution in [2.45, 2.75) is 33.1 Å². The summed E-state index contributed by atoms with van der Waals surface area (Å²) in [5, 5.41) is 8.89. The van der Waals surface area contributed by atoms with Crippen molar-refractivity contribution in [2.24, 2.45) is 5.10 Å². The van der Waals surface area contributed by atoms with Crippen LogP contribution in [-0.4, -0.2) is 23.7 Å². The molecule has 2 N–H and O–H groups in total. The molecule has 1 heterocycles. The molecule has 4 rings (SSSR count). The monoisotopic (exact) mass is 646 g/mol. The number of nitrogens with zero attached hydrogens (tertiary/aromatic N) is 2. The van der Waals surface area contributed by atoms with Gasteiger partial charge < -0.3 is 14.8 Å². The molecule has 0 saturated carbocycles. The third kappa shape index (κ3) is 8.79. The van der Waals surface area contributed by atoms with E-state index in [0.29, 0.717) is 45.6 Å². The number of hydrogen-bond acceptors (Lipinski definition) is 7. The Hall–Kier alpha value is -3.90. The minimum atomic E-state index is -4.44. The molecule has 4 aromatic rings. The number of halogens is 4. The normalized spacial score (nSPS) is 11.5. The topological polar surface area (TPSA) is 84.8 Å². The molecule has 7 nitrogen and oxygen atoms in total. The Kier molecular flexibility index (Phi) is 10.0. The molecular weight excluding hydrogens is 621 g/mol. The zero-order valence-corrected chi connectivity index (χ0v) is 24.5. The van der Waals surface area contributed by atoms with E-state index < -0.39 is 17.6 Å². The highest BCUT2D eigenvalue weighted by atomic mass is 79.9. The van der Waals surface area contributed by atoms with Crippen LogP contribution in [0.15, 0.2) is 75.6 Å². The first-order valence-corrected chi connectivity index (χ1v) is 14.1. The van der Waals surface area contributed by atoms with Crippen molar-refractivity contribution in [3.8, 4) is 11.5 Å². The van der Waals surface area contributed by atoms with Gasteiger partial charge in [0.15, 0.2) is 16.6 Å². The summed E-state index contributed by atoms with van der Waals surface area (Å²) in [6, 6.07) is 16.4. The van der Waals surface area contributed by atoms with E-state index in [1.165, 1.54) is 35.2 Å². The van der Waals surface area contributed by atoms with Crippen LogP contribution in [-0.2, 0) is 24.0 Å². The molecule has 1 amide bonds. The van der Waals surface area contributed by atoms with Gasteiger partial charge in [-0.05, 0) is 71.2 Å². The van der Waals surface area contributed by atoms with Crippen molar-refractivity contribution in [2.75, 3.05) is 11.9 Å². The van der Waals surface area contributed by atoms with Crippen LogP contribution in [0.2, 0.25) is 0 Å². The maximum atomic E-state index is 12.9. The van der Waals surface area contributed by atoms with Gasteiger partial charge >= 0.3 is 6.18 Å². The van der Waals surface area contributed by atoms with Crippen LogP contribution < -0.4 is 20.2 Å². The van der Waals surface area contributed by atoms with Crippen molar-refractivity contribution >= 4 is 50.2 Å². The number of ether oxygens (including phenoxy) is 2. The van der Waals surface area contributed by atoms with Crippen LogP contribution in [0.3, 0.4) is 0 Å². The fourth-order valence-electron chi connectivity index (χ4n) is 3.63. The molecule has 0 fully saturated rings. The van der Waals surface area contributed by atoms with Crippen LogP contribution in [0.5, 0.6) is 11.5 Å². The number of aryl methyl sites for hydroxylation is 1. The highest BCUT2D eigenvalue weighted by Gasteiger charge is 2.30. The first-order chi connectivity index (χ1) is 19.6. The summed E-state index contributed by atoms with van der Waals surface area (Å²) in [7, 11) is 0. The van der Waals surface area contributed by atoms with Gasteiger partial charge in [-0.15, -0.1) is 11.3 Å². The van der Waals surface area contributed by atoms with E-state index >= 15 is 0 Å². The number of rotatable bonds is 11. The van der Waals surface area contributed by atoms with E-state index in [1.54, 1.807) is 17.5 Å². The van der Waals surface area contributed by atoms with E-state index in [4.69, 9.17) is 9.47 Å². The van der Waals surface area contributed by atoms with Crippen LogP contribution in [0, 0.1) is 6.92 Å². The average Bonchev–Trinajstić information content (AvgIpc) is 3.35. The van der Waals surface area contributed by atoms with Gasteiger partial charge in [0.1, 0.15) is 6.61 Å². The van der Waals surface area contributed by atoms with Gasteiger partial charge in [0.25, 0.3) is 0 Å². The lowest BCUT2D eigenvalue weighted by atomic mass is 10.2. The van der Waals surface area contributed by atoms with Gasteiger partial charge in [-0.25, -0.2) is 10.4 Å². The lowest BCUT2D eigenvalue weighted by Gasteiger charge is -2.15. The Labute approximate surface area is 247 Å². The Morgan fingerprint density at radius 3 is 2.63 bits per heavy atom. The molecule has 41 heavy (non-hydrogen) atoms. The summed E-state index contributed by atoms with van der Waals surface area (Å²) in [5.74, 6) is 0.691. The number of benzene rings is 3. The molecule has 3 aromatic carbocycles. The van der Waals surface area contributed by atoms with Crippen LogP contribution in [0.25, 0.3) is 0 Å². The molecule has 12 heteroatoms. The smallest absolute Gasteiger partial charge is 0.416 e. The van der Waals surface area contributed by atoms with Crippen molar-refractivity contribution in [3.63, 3.8) is 0 Å². The number of nitrogens with one attached hydrogen (secondary N) is 2. The molecule has 0 atom stereocenters. The fraction of sp³-hybridized carbons (Fsp3) is 0.207. The predicted octanol–water partition coefficient (Wildman–Crippen LogP) is 7.65. The molecule has 0 bridgehead atoms. The predicted molar refractivity (Wildman–Crippen MR) is 157 cm³/mol. The minimum absolute atomic E-state index is 0.0577. The molecule has 0 aliphatic rings. The standard InChI is InChI=1S/C29H26BrF3N4O3S/c1-3-39-25-12-20(11-24(30)27(25)40-16-19-9-7-18(2)8-10-19)15-34-37-26(38)14-23-17-41-28(36-23)35-22-6-4-5-21(13-22)29(31,32)33/h4-13,15,17H,3,14,16H2,1-2H3,(H,35,36)(H,37,38)/b34-15-. The number of anilines is 2. The average molecular weight is 648 g/mol. The zero-order valence-electron chi connectivity index (χ0n) is 22.1. The summed E-state index contributed by atoms with van der Waals surface area (Å²) in [5.41, 5.74) is 5.27. The lowest BCUT2D eigenvalue weighted by molar-refractivity contribution is -0.137. The molecular formula is C29H26BrF3N4O3S. The van der Waals surface area contributed by atoms with E-state index in [-0.39, 0.29) is 12.1 Å². The molecule has 0 saturated heterocycles. The highest BCUT2D eigenvalue weighted by molar-refractivity contribution is 9.10. The number of aromatic nitrogens is 1. The van der Waals surface area contributed by atoms with Gasteiger partial charge in [0, 0.05) is 11.1 Å². The van der Waals surface area contributed by atoms with Crippen molar-refractivity contribution in [1.29, 1.82) is 0 Å². The maximum Gasteiger partial charge on any atom is 0.416 e. The van der Waals surface area contributed by atoms with Crippen LogP contribution >= 0.6 is 27.3 Å². The van der Waals surface area contributed by atoms with Crippen molar-refractivity contribution in [1.82, 2.24) is 10.4 Å². The Bertz CT molecular complexity index is 1520. The van der Waals surface area contributed by atoms with E-state index in [2.05, 4.69) is 36.8 Å². The first kappa shape index (κ1) is 30.1. The fourth-order valence-corrected chi connectivity index (χ4v) is 4.94. The number of hydrazone groups is 1. The van der Waals surface area contributed by atoms with Gasteiger partial charge in [0.2, 0.25) is 5.91 Å². The third-order valence-electron chi connectivity index (χ3n) is 5.57. The Balaban J connectivity index is 1.34. The molecule has 0 radical (unpaired) electrons. The Morgan fingerprint density at radius 1 is 1.12 bits per heavy atom. The van der Waals surface area contributed by atoms with Crippen molar-refractivity contribution in [3.05, 3.63) is 98.5 Å². The van der Waals surface area contributed by atoms with Gasteiger partial charge in [-0.1, -0.05) is 35.9 Å². The second-order valence-electron chi connectivity index (χ2n) is 8.85. The number of carbonyl (C=O) groups is 1. The number of thiazole rings is 1. The summed E-state index contributed by atoms with van der Waals surface area (Å²) in [6.45, 7) is 4.70. The number of hydrogen-bond donors (Lipinski definition) is 2. The molecule has 0 unspecified atom stereocenters. The minimum Gasteiger partial charge on any atom is -0.490 e. The second kappa shape index (κ2) is 13.6. The second-order valence-corrected chi connectivity index (χ2v) is 10.6. The van der Waals surface area contributed by atoms with Crippen LogP contribution in [0.4, 0.5) is 24.0 Å². The third-order valence-corrected chi connectivity index (χ3v) is 6.97. The van der Waals surface area contributed by atoms with Crippen LogP contribution in [0.1, 0.15) is 34.9 Å². The van der Waals surface area contributed by atoms with E-state index in [0.717, 1.165) is 17.7 Å². The van der Waals surface area contributed by atoms with Gasteiger partial charge in [0.05, 0.1) is 35.0 Å². The highest BCUT2D eigenvalue weighted by Crippen LogP contribution is 2.37. The largest absolute Gasteiger partial charge is 0.490 e. The summed E-state index contributed by atoms with van der Waals surface area (Å²) < 4.78 is 51.3. The summed E-state index contributed by atoms with van der Waals surface area (Å²) in [4.78, 5) is 16.7. The number of amides is 1. The van der Waals surface area contributed by atoms with E-state index in [9.17, 15) is 18.0 Å². The number of alkyl halides is 3. The molecule has 0 aliphatic carbocycles. The molecule has 214 valence electrons. The zero-order chi connectivity index (χ0) is 29.4. The van der Waals surface area contributed by atoms with Gasteiger partial charge in [-0.3, -0.25) is 4.79 Å². The summed E-state index contributed by atoms with van der Waals surface area (Å²) in [6.07, 6.45) is -3.02. The maximum absolute atomic E-state index is 12.9. The summed E-state index contributed by atoms with van der Waals surface area (Å²) >= 11 is 4.71. The first-order valence-electron chi connectivity index (χ1n) is 12.5. The molecule has 1 aromatic heterocycles. The number of carbonyl (C=O) groups excluding carboxylic acids is 1. The van der Waals surface area contributed by atoms with Crippen molar-refractivity contribution < 1.29 is 27.4 Å². The lowest BCUT2D eigenvalue weighted by Crippen LogP contribution is -2.20.